The lowest BCUT2D eigenvalue weighted by molar-refractivity contribution is -0.137. The van der Waals surface area contributed by atoms with Gasteiger partial charge in [0.1, 0.15) is 5.66 Å². The smallest absolute Gasteiger partial charge is 0.362 e. The van der Waals surface area contributed by atoms with Crippen molar-refractivity contribution in [1.29, 1.82) is 0 Å². The van der Waals surface area contributed by atoms with Gasteiger partial charge in [-0.1, -0.05) is 23.8 Å². The van der Waals surface area contributed by atoms with Crippen LogP contribution in [0.1, 0.15) is 39.9 Å². The highest BCUT2D eigenvalue weighted by Gasteiger charge is 2.40. The molecule has 1 fully saturated rings. The number of anilines is 1. The van der Waals surface area contributed by atoms with E-state index in [2.05, 4.69) is 15.5 Å². The number of amides is 1. The van der Waals surface area contributed by atoms with E-state index in [0.717, 1.165) is 54.9 Å². The lowest BCUT2D eigenvalue weighted by Crippen LogP contribution is -2.62. The number of benzene rings is 2. The minimum atomic E-state index is -4.31. The van der Waals surface area contributed by atoms with E-state index in [1.54, 1.807) is 0 Å². The molecule has 4 rings (SSSR count). The van der Waals surface area contributed by atoms with Crippen LogP contribution < -0.4 is 10.6 Å². The highest BCUT2D eigenvalue weighted by molar-refractivity contribution is 6.02. The number of hydrogen-bond acceptors (Lipinski definition) is 3. The Morgan fingerprint density at radius 2 is 1.71 bits per heavy atom. The maximum Gasteiger partial charge on any atom is 0.416 e. The molecule has 28 heavy (non-hydrogen) atoms. The molecule has 1 amide bonds. The largest absolute Gasteiger partial charge is 0.416 e. The summed E-state index contributed by atoms with van der Waals surface area (Å²) in [4.78, 5) is 14.7. The zero-order valence-corrected chi connectivity index (χ0v) is 15.6. The molecule has 1 saturated heterocycles. The molecule has 0 atom stereocenters. The predicted molar refractivity (Wildman–Crippen MR) is 101 cm³/mol. The molecule has 2 aromatic carbocycles. The van der Waals surface area contributed by atoms with Crippen LogP contribution >= 0.6 is 0 Å². The van der Waals surface area contributed by atoms with Crippen molar-refractivity contribution in [2.75, 3.05) is 18.4 Å². The first-order valence-electron chi connectivity index (χ1n) is 9.34. The van der Waals surface area contributed by atoms with Gasteiger partial charge in [-0.3, -0.25) is 9.69 Å². The van der Waals surface area contributed by atoms with Gasteiger partial charge in [0.15, 0.2) is 0 Å². The number of nitrogens with one attached hydrogen (secondary N) is 2. The molecule has 0 bridgehead atoms. The Balaban J connectivity index is 1.40. The number of aryl methyl sites for hydroxylation is 1. The fraction of sp³-hybridized carbons (Fsp3) is 0.381. The van der Waals surface area contributed by atoms with Crippen molar-refractivity contribution in [2.24, 2.45) is 0 Å². The highest BCUT2D eigenvalue weighted by atomic mass is 19.4. The topological polar surface area (TPSA) is 44.4 Å². The zero-order chi connectivity index (χ0) is 19.9. The van der Waals surface area contributed by atoms with E-state index in [1.807, 2.05) is 25.1 Å². The number of rotatable bonds is 2. The number of carbonyl (C=O) groups excluding carboxylic acids is 1. The highest BCUT2D eigenvalue weighted by Crippen LogP contribution is 2.33. The lowest BCUT2D eigenvalue weighted by Gasteiger charge is -2.46. The first-order chi connectivity index (χ1) is 13.2. The molecule has 0 unspecified atom stereocenters. The molecule has 7 heteroatoms. The van der Waals surface area contributed by atoms with Crippen LogP contribution in [-0.4, -0.2) is 29.6 Å². The van der Waals surface area contributed by atoms with Crippen molar-refractivity contribution in [3.05, 3.63) is 64.7 Å². The van der Waals surface area contributed by atoms with E-state index in [4.69, 9.17) is 0 Å². The van der Waals surface area contributed by atoms with Crippen LogP contribution in [0.15, 0.2) is 42.5 Å². The minimum absolute atomic E-state index is 0.0614. The number of piperidine rings is 1. The number of halogens is 3. The molecule has 2 aliphatic rings. The van der Waals surface area contributed by atoms with Crippen molar-refractivity contribution in [3.63, 3.8) is 0 Å². The molecule has 2 aromatic rings. The second-order valence-electron chi connectivity index (χ2n) is 7.68. The van der Waals surface area contributed by atoms with Crippen LogP contribution in [-0.2, 0) is 12.7 Å². The molecule has 0 aromatic heterocycles. The van der Waals surface area contributed by atoms with Gasteiger partial charge in [-0.15, -0.1) is 0 Å². The normalized spacial score (nSPS) is 19.1. The van der Waals surface area contributed by atoms with Crippen molar-refractivity contribution in [1.82, 2.24) is 10.2 Å². The number of nitrogens with zero attached hydrogens (tertiary/aromatic N) is 1. The van der Waals surface area contributed by atoms with Crippen LogP contribution in [0.4, 0.5) is 18.9 Å². The van der Waals surface area contributed by atoms with Crippen molar-refractivity contribution < 1.29 is 18.0 Å². The third-order valence-electron chi connectivity index (χ3n) is 5.54. The van der Waals surface area contributed by atoms with Gasteiger partial charge in [0.25, 0.3) is 5.91 Å². The summed E-state index contributed by atoms with van der Waals surface area (Å²) >= 11 is 0. The molecule has 0 radical (unpaired) electrons. The quantitative estimate of drug-likeness (QED) is 0.811. The van der Waals surface area contributed by atoms with E-state index in [-0.39, 0.29) is 5.91 Å². The summed E-state index contributed by atoms with van der Waals surface area (Å²) in [6.45, 7) is 4.04. The van der Waals surface area contributed by atoms with E-state index in [1.165, 1.54) is 12.1 Å². The van der Waals surface area contributed by atoms with Gasteiger partial charge in [-0.25, -0.2) is 0 Å². The van der Waals surface area contributed by atoms with Gasteiger partial charge < -0.3 is 10.6 Å². The average Bonchev–Trinajstić information content (AvgIpc) is 2.64. The van der Waals surface area contributed by atoms with Crippen LogP contribution in [0.2, 0.25) is 0 Å². The third-order valence-corrected chi connectivity index (χ3v) is 5.54. The Kier molecular flexibility index (Phi) is 4.57. The maximum atomic E-state index is 12.7. The second kappa shape index (κ2) is 6.81. The van der Waals surface area contributed by atoms with E-state index in [9.17, 15) is 18.0 Å². The summed E-state index contributed by atoms with van der Waals surface area (Å²) in [6.07, 6.45) is -2.85. The molecule has 4 nitrogen and oxygen atoms in total. The molecule has 2 N–H and O–H groups in total. The number of likely N-dealkylation sites (tertiary alicyclic amines) is 1. The Bertz CT molecular complexity index is 885. The number of fused-ring (bicyclic) bond motifs is 1. The summed E-state index contributed by atoms with van der Waals surface area (Å²) in [7, 11) is 0. The minimum Gasteiger partial charge on any atom is -0.362 e. The molecule has 0 aliphatic carbocycles. The summed E-state index contributed by atoms with van der Waals surface area (Å²) in [5, 5.41) is 6.62. The van der Waals surface area contributed by atoms with E-state index in [0.29, 0.717) is 12.1 Å². The summed E-state index contributed by atoms with van der Waals surface area (Å²) in [5.41, 5.74) is 2.32. The summed E-state index contributed by atoms with van der Waals surface area (Å²) < 4.78 is 38.1. The molecule has 2 heterocycles. The van der Waals surface area contributed by atoms with Crippen molar-refractivity contribution in [2.45, 2.75) is 38.1 Å². The Hall–Kier alpha value is -2.54. The number of alkyl halides is 3. The fourth-order valence-electron chi connectivity index (χ4n) is 3.93. The third kappa shape index (κ3) is 3.71. The number of carbonyl (C=O) groups is 1. The SMILES string of the molecule is Cc1ccc2c(c1)C(=O)NC1(CCN(Cc3ccc(C(F)(F)F)cc3)CC1)N2. The van der Waals surface area contributed by atoms with Gasteiger partial charge in [-0.05, 0) is 36.8 Å². The standard InChI is InChI=1S/C21H22F3N3O/c1-14-2-7-18-17(12-14)19(28)26-20(25-18)8-10-27(11-9-20)13-15-3-5-16(6-4-15)21(22,23)24/h2-7,12,25H,8-11,13H2,1H3,(H,26,28). The molecular weight excluding hydrogens is 367 g/mol. The van der Waals surface area contributed by atoms with E-state index < -0.39 is 17.4 Å². The van der Waals surface area contributed by atoms with Crippen molar-refractivity contribution in [3.8, 4) is 0 Å². The molecular formula is C21H22F3N3O. The lowest BCUT2D eigenvalue weighted by atomic mass is 9.91. The van der Waals surface area contributed by atoms with Gasteiger partial charge in [0.2, 0.25) is 0 Å². The fourth-order valence-corrected chi connectivity index (χ4v) is 3.93. The number of hydrogen-bond donors (Lipinski definition) is 2. The monoisotopic (exact) mass is 389 g/mol. The van der Waals surface area contributed by atoms with Gasteiger partial charge in [0, 0.05) is 38.2 Å². The summed E-state index contributed by atoms with van der Waals surface area (Å²) in [5.74, 6) is -0.0614. The molecule has 0 saturated carbocycles. The maximum absolute atomic E-state index is 12.7. The van der Waals surface area contributed by atoms with Gasteiger partial charge >= 0.3 is 6.18 Å². The zero-order valence-electron chi connectivity index (χ0n) is 15.6. The second-order valence-corrected chi connectivity index (χ2v) is 7.68. The van der Waals surface area contributed by atoms with Gasteiger partial charge in [-0.2, -0.15) is 13.2 Å². The Labute approximate surface area is 161 Å². The molecule has 2 aliphatic heterocycles. The first-order valence-corrected chi connectivity index (χ1v) is 9.34. The van der Waals surface area contributed by atoms with E-state index >= 15 is 0 Å². The Morgan fingerprint density at radius 1 is 1.04 bits per heavy atom. The Morgan fingerprint density at radius 3 is 2.36 bits per heavy atom. The van der Waals surface area contributed by atoms with Crippen LogP contribution in [0.3, 0.4) is 0 Å². The van der Waals surface area contributed by atoms with Crippen LogP contribution in [0.25, 0.3) is 0 Å². The van der Waals surface area contributed by atoms with Crippen LogP contribution in [0, 0.1) is 6.92 Å². The predicted octanol–water partition coefficient (Wildman–Crippen LogP) is 4.16. The van der Waals surface area contributed by atoms with Crippen LogP contribution in [0.5, 0.6) is 0 Å². The molecule has 1 spiro atoms. The van der Waals surface area contributed by atoms with Gasteiger partial charge in [0.05, 0.1) is 11.1 Å². The average molecular weight is 389 g/mol. The summed E-state index contributed by atoms with van der Waals surface area (Å²) in [6, 6.07) is 11.1. The first kappa shape index (κ1) is 18.8. The van der Waals surface area contributed by atoms with Crippen molar-refractivity contribution >= 4 is 11.6 Å². The molecule has 148 valence electrons.